The second-order valence-corrected chi connectivity index (χ2v) is 2.04. The first-order valence-corrected chi connectivity index (χ1v) is 2.82. The summed E-state index contributed by atoms with van der Waals surface area (Å²) in [5, 5.41) is 13.5. The number of quaternary nitrogens is 1. The molecule has 5 nitrogen and oxygen atoms in total. The van der Waals surface area contributed by atoms with Gasteiger partial charge in [-0.2, -0.15) is 5.21 Å². The van der Waals surface area contributed by atoms with Crippen LogP contribution in [-0.4, -0.2) is 16.6 Å². The summed E-state index contributed by atoms with van der Waals surface area (Å²) in [7, 11) is 0. The Hall–Kier alpha value is -0.880. The first kappa shape index (κ1) is 5.87. The maximum atomic E-state index is 9.36. The molecule has 2 aliphatic heterocycles. The van der Waals surface area contributed by atoms with Crippen LogP contribution in [0.2, 0.25) is 0 Å². The first-order chi connectivity index (χ1) is 4.81. The van der Waals surface area contributed by atoms with Gasteiger partial charge in [-0.1, -0.05) is 6.08 Å². The number of rotatable bonds is 0. The van der Waals surface area contributed by atoms with Crippen molar-refractivity contribution in [1.29, 1.82) is 0 Å². The van der Waals surface area contributed by atoms with Crippen molar-refractivity contribution in [3.05, 3.63) is 24.1 Å². The minimum atomic E-state index is -0.753. The molecule has 1 atom stereocenters. The number of hydrogen-bond donors (Lipinski definition) is 1. The summed E-state index contributed by atoms with van der Waals surface area (Å²) in [5.74, 6) is 0.238. The van der Waals surface area contributed by atoms with E-state index in [9.17, 15) is 5.21 Å². The molecule has 1 unspecified atom stereocenters. The fraction of sp³-hybridized carbons (Fsp3) is 0.200. The average Bonchev–Trinajstić information content (AvgIpc) is 2.29. The molecule has 54 valence electrons. The van der Waals surface area contributed by atoms with Gasteiger partial charge >= 0.3 is 5.88 Å². The standard InChI is InChI=1S/C5H6NO4/c7-6-4-2-1-3-5(6)8-10-9-6/h1-3,7H,4H2/q+1. The van der Waals surface area contributed by atoms with Crippen LogP contribution in [0, 0.1) is 0 Å². The van der Waals surface area contributed by atoms with Gasteiger partial charge in [-0.25, -0.2) is 4.89 Å². The van der Waals surface area contributed by atoms with Gasteiger partial charge in [-0.15, -0.1) is 0 Å². The lowest BCUT2D eigenvalue weighted by Crippen LogP contribution is -2.39. The van der Waals surface area contributed by atoms with Gasteiger partial charge in [0.05, 0.1) is 9.80 Å². The Morgan fingerprint density at radius 2 is 2.50 bits per heavy atom. The summed E-state index contributed by atoms with van der Waals surface area (Å²) in [6, 6.07) is 0. The number of nitrogens with zero attached hydrogens (tertiary/aromatic N) is 1. The summed E-state index contributed by atoms with van der Waals surface area (Å²) in [4.78, 5) is 8.11. The summed E-state index contributed by atoms with van der Waals surface area (Å²) in [5.41, 5.74) is 0. The van der Waals surface area contributed by atoms with Crippen molar-refractivity contribution in [1.82, 2.24) is 0 Å². The molecule has 0 amide bonds. The SMILES string of the molecule is O[N+]12CC=CC=C1OOO2. The van der Waals surface area contributed by atoms with E-state index in [1.54, 1.807) is 18.2 Å². The minimum absolute atomic E-state index is 0.238. The van der Waals surface area contributed by atoms with Gasteiger partial charge in [0.25, 0.3) is 0 Å². The number of hydrogen-bond acceptors (Lipinski definition) is 4. The minimum Gasteiger partial charge on any atom is -0.241 e. The molecule has 2 rings (SSSR count). The van der Waals surface area contributed by atoms with Crippen molar-refractivity contribution in [3.63, 3.8) is 0 Å². The molecule has 2 heterocycles. The zero-order chi connectivity index (χ0) is 7.03. The topological polar surface area (TPSA) is 47.9 Å². The van der Waals surface area contributed by atoms with Crippen LogP contribution in [0.25, 0.3) is 0 Å². The van der Waals surface area contributed by atoms with E-state index in [0.717, 1.165) is 0 Å². The summed E-state index contributed by atoms with van der Waals surface area (Å²) in [6.07, 6.45) is 5.05. The van der Waals surface area contributed by atoms with E-state index in [2.05, 4.69) is 14.9 Å². The fourth-order valence-corrected chi connectivity index (χ4v) is 0.814. The Labute approximate surface area is 56.7 Å². The Morgan fingerprint density at radius 1 is 1.60 bits per heavy atom. The number of hydroxylamine groups is 4. The Balaban J connectivity index is 2.34. The zero-order valence-corrected chi connectivity index (χ0v) is 5.06. The molecule has 10 heavy (non-hydrogen) atoms. The predicted molar refractivity (Wildman–Crippen MR) is 27.4 cm³/mol. The van der Waals surface area contributed by atoms with E-state index in [4.69, 9.17) is 0 Å². The molecule has 2 aliphatic rings. The normalized spacial score (nSPS) is 36.7. The third kappa shape index (κ3) is 0.659. The molecule has 1 N–H and O–H groups in total. The third-order valence-electron chi connectivity index (χ3n) is 1.35. The van der Waals surface area contributed by atoms with Crippen LogP contribution in [0.1, 0.15) is 0 Å². The average molecular weight is 144 g/mol. The van der Waals surface area contributed by atoms with E-state index < -0.39 is 4.81 Å². The molecule has 5 heteroatoms. The third-order valence-corrected chi connectivity index (χ3v) is 1.35. The number of allylic oxidation sites excluding steroid dienone is 2. The van der Waals surface area contributed by atoms with E-state index in [1.165, 1.54) is 0 Å². The highest BCUT2D eigenvalue weighted by molar-refractivity contribution is 5.06. The highest BCUT2D eigenvalue weighted by Gasteiger charge is 2.46. The molecule has 0 bridgehead atoms. The quantitative estimate of drug-likeness (QED) is 0.395. The Kier molecular flexibility index (Phi) is 1.06. The molecule has 1 fully saturated rings. The molecule has 0 aromatic carbocycles. The summed E-state index contributed by atoms with van der Waals surface area (Å²) in [6.45, 7) is 0.297. The van der Waals surface area contributed by atoms with Gasteiger partial charge in [0.15, 0.2) is 6.54 Å². The molecule has 1 saturated heterocycles. The molecule has 0 saturated carbocycles. The van der Waals surface area contributed by atoms with Gasteiger partial charge in [0.1, 0.15) is 0 Å². The predicted octanol–water partition coefficient (Wildman–Crippen LogP) is 0.412. The van der Waals surface area contributed by atoms with E-state index in [-0.39, 0.29) is 5.88 Å². The molecule has 0 aromatic heterocycles. The van der Waals surface area contributed by atoms with Crippen LogP contribution < -0.4 is 0 Å². The molecule has 0 radical (unpaired) electrons. The van der Waals surface area contributed by atoms with Crippen molar-refractivity contribution in [2.75, 3.05) is 6.54 Å². The second-order valence-electron chi connectivity index (χ2n) is 2.04. The van der Waals surface area contributed by atoms with Crippen LogP contribution in [0.5, 0.6) is 0 Å². The van der Waals surface area contributed by atoms with Crippen molar-refractivity contribution in [3.8, 4) is 0 Å². The van der Waals surface area contributed by atoms with Crippen LogP contribution in [0.3, 0.4) is 0 Å². The van der Waals surface area contributed by atoms with Crippen LogP contribution in [0.15, 0.2) is 24.1 Å². The van der Waals surface area contributed by atoms with Crippen LogP contribution in [0.4, 0.5) is 0 Å². The number of fused-ring (bicyclic) bond motifs is 1. The highest BCUT2D eigenvalue weighted by Crippen LogP contribution is 2.26. The molecule has 0 spiro atoms. The molecular weight excluding hydrogens is 138 g/mol. The maximum absolute atomic E-state index is 9.36. The lowest BCUT2D eigenvalue weighted by molar-refractivity contribution is -1.23. The Morgan fingerprint density at radius 3 is 3.30 bits per heavy atom. The zero-order valence-electron chi connectivity index (χ0n) is 5.06. The molecule has 0 aromatic rings. The van der Waals surface area contributed by atoms with Gasteiger partial charge in [0, 0.05) is 11.1 Å². The van der Waals surface area contributed by atoms with Crippen molar-refractivity contribution in [2.45, 2.75) is 0 Å². The van der Waals surface area contributed by atoms with E-state index in [1.807, 2.05) is 0 Å². The maximum Gasteiger partial charge on any atom is 0.398 e. The smallest absolute Gasteiger partial charge is 0.241 e. The van der Waals surface area contributed by atoms with Gasteiger partial charge in [-0.3, -0.25) is 0 Å². The molecule has 0 aliphatic carbocycles. The van der Waals surface area contributed by atoms with Crippen molar-refractivity contribution in [2.24, 2.45) is 0 Å². The Bertz CT molecular complexity index is 212. The summed E-state index contributed by atoms with van der Waals surface area (Å²) < 4.78 is 0. The fourth-order valence-electron chi connectivity index (χ4n) is 0.814. The van der Waals surface area contributed by atoms with Crippen molar-refractivity contribution >= 4 is 0 Å². The highest BCUT2D eigenvalue weighted by atomic mass is 17.6. The summed E-state index contributed by atoms with van der Waals surface area (Å²) >= 11 is 0. The van der Waals surface area contributed by atoms with Crippen LogP contribution in [-0.2, 0) is 14.9 Å². The van der Waals surface area contributed by atoms with Crippen molar-refractivity contribution < 1.29 is 24.9 Å². The van der Waals surface area contributed by atoms with Gasteiger partial charge < -0.3 is 0 Å². The molecular formula is C5H6NO4+. The van der Waals surface area contributed by atoms with E-state index in [0.29, 0.717) is 6.54 Å². The largest absolute Gasteiger partial charge is 0.398 e. The van der Waals surface area contributed by atoms with Gasteiger partial charge in [0.2, 0.25) is 0 Å². The second kappa shape index (κ2) is 1.80. The van der Waals surface area contributed by atoms with E-state index >= 15 is 0 Å². The lowest BCUT2D eigenvalue weighted by atomic mass is 10.4. The van der Waals surface area contributed by atoms with Crippen LogP contribution >= 0.6 is 0 Å². The van der Waals surface area contributed by atoms with Gasteiger partial charge in [-0.05, 0) is 6.08 Å². The lowest BCUT2D eigenvalue weighted by Gasteiger charge is -2.13. The first-order valence-electron chi connectivity index (χ1n) is 2.82. The monoisotopic (exact) mass is 144 g/mol.